The molecule has 236 valence electrons. The van der Waals surface area contributed by atoms with Crippen molar-refractivity contribution in [2.45, 2.75) is 76.0 Å². The first-order valence-electron chi connectivity index (χ1n) is 16.3. The van der Waals surface area contributed by atoms with Gasteiger partial charge in [0.15, 0.2) is 5.82 Å². The lowest BCUT2D eigenvalue weighted by atomic mass is 9.97. The van der Waals surface area contributed by atoms with Gasteiger partial charge in [-0.15, -0.1) is 0 Å². The van der Waals surface area contributed by atoms with Gasteiger partial charge in [0.05, 0.1) is 29.7 Å². The van der Waals surface area contributed by atoms with Gasteiger partial charge in [-0.05, 0) is 68.5 Å². The van der Waals surface area contributed by atoms with Gasteiger partial charge in [0.2, 0.25) is 5.91 Å². The van der Waals surface area contributed by atoms with Crippen LogP contribution >= 0.6 is 0 Å². The number of nitrogens with one attached hydrogen (secondary N) is 1. The van der Waals surface area contributed by atoms with Gasteiger partial charge in [0.1, 0.15) is 16.9 Å². The molecule has 0 spiro atoms. The smallest absolute Gasteiger partial charge is 0.254 e. The highest BCUT2D eigenvalue weighted by Crippen LogP contribution is 2.40. The molecule has 2 fully saturated rings. The average molecular weight is 619 g/mol. The number of ether oxygens (including phenoxy) is 1. The summed E-state index contributed by atoms with van der Waals surface area (Å²) in [6.07, 6.45) is 10.5. The predicted molar refractivity (Wildman–Crippen MR) is 177 cm³/mol. The maximum atomic E-state index is 13.8. The summed E-state index contributed by atoms with van der Waals surface area (Å²) in [6, 6.07) is 12.1. The molecule has 11 heteroatoms. The Bertz CT molecular complexity index is 2010. The molecule has 4 bridgehead atoms. The van der Waals surface area contributed by atoms with Crippen molar-refractivity contribution < 1.29 is 14.3 Å². The monoisotopic (exact) mass is 618 g/mol. The number of imidazole rings is 1. The molecule has 5 aromatic rings. The third-order valence-corrected chi connectivity index (χ3v) is 10.1. The molecule has 0 unspecified atom stereocenters. The summed E-state index contributed by atoms with van der Waals surface area (Å²) in [6.45, 7) is 0.753. The van der Waals surface area contributed by atoms with E-state index in [2.05, 4.69) is 31.6 Å². The van der Waals surface area contributed by atoms with E-state index in [4.69, 9.17) is 20.4 Å². The van der Waals surface area contributed by atoms with E-state index in [1.807, 2.05) is 36.2 Å². The summed E-state index contributed by atoms with van der Waals surface area (Å²) in [7, 11) is 3.63. The van der Waals surface area contributed by atoms with Crippen molar-refractivity contribution in [3.8, 4) is 28.5 Å². The van der Waals surface area contributed by atoms with Crippen molar-refractivity contribution >= 4 is 39.6 Å². The second-order valence-corrected chi connectivity index (χ2v) is 12.9. The number of nitrogens with zero attached hydrogens (tertiary/aromatic N) is 6. The number of fused-ring (bicyclic) bond motifs is 6. The Morgan fingerprint density at radius 2 is 1.93 bits per heavy atom. The maximum Gasteiger partial charge on any atom is 0.254 e. The zero-order valence-electron chi connectivity index (χ0n) is 26.2. The number of aromatic nitrogens is 5. The molecule has 2 amide bonds. The van der Waals surface area contributed by atoms with Crippen LogP contribution in [0.5, 0.6) is 5.75 Å². The predicted octanol–water partition coefficient (Wildman–Crippen LogP) is 5.27. The van der Waals surface area contributed by atoms with Crippen molar-refractivity contribution in [1.82, 2.24) is 29.0 Å². The van der Waals surface area contributed by atoms with E-state index in [0.717, 1.165) is 90.8 Å². The number of benzene rings is 1. The highest BCUT2D eigenvalue weighted by atomic mass is 16.5. The first-order valence-corrected chi connectivity index (χ1v) is 16.3. The van der Waals surface area contributed by atoms with Gasteiger partial charge in [0, 0.05) is 67.0 Å². The van der Waals surface area contributed by atoms with Crippen LogP contribution in [-0.4, -0.2) is 66.0 Å². The second-order valence-electron chi connectivity index (χ2n) is 12.9. The Hall–Kier alpha value is -4.77. The van der Waals surface area contributed by atoms with Crippen LogP contribution in [0.3, 0.4) is 0 Å². The van der Waals surface area contributed by atoms with Crippen molar-refractivity contribution in [1.29, 1.82) is 0 Å². The molecule has 2 saturated heterocycles. The Labute approximate surface area is 266 Å². The SMILES string of the molecule is COc1cc(C(=O)N2[C@H]3CC[C@@H]2[C@H](N)C3)cc2nc(-c3cc4ccc5nc4n3CCCCCCC(=O)Nc3ccncc3-5)n(C)c12. The number of methoxy groups -OCH3 is 1. The van der Waals surface area contributed by atoms with Gasteiger partial charge >= 0.3 is 0 Å². The molecule has 3 N–H and O–H groups in total. The fourth-order valence-corrected chi connectivity index (χ4v) is 7.84. The molecule has 0 saturated carbocycles. The quantitative estimate of drug-likeness (QED) is 0.282. The van der Waals surface area contributed by atoms with Crippen molar-refractivity contribution in [2.24, 2.45) is 12.8 Å². The first-order chi connectivity index (χ1) is 22.4. The number of amides is 2. The summed E-state index contributed by atoms with van der Waals surface area (Å²) < 4.78 is 10.2. The van der Waals surface area contributed by atoms with E-state index in [-0.39, 0.29) is 29.9 Å². The molecule has 0 aliphatic carbocycles. The van der Waals surface area contributed by atoms with Gasteiger partial charge in [-0.2, -0.15) is 0 Å². The fraction of sp³-hybridized carbons (Fsp3) is 0.400. The number of hydrogen-bond donors (Lipinski definition) is 2. The lowest BCUT2D eigenvalue weighted by Crippen LogP contribution is -2.40. The minimum atomic E-state index is -0.00202. The third kappa shape index (κ3) is 4.63. The summed E-state index contributed by atoms with van der Waals surface area (Å²) in [5, 5.41) is 4.07. The van der Waals surface area contributed by atoms with Crippen LogP contribution in [0, 0.1) is 0 Å². The Morgan fingerprint density at radius 3 is 2.74 bits per heavy atom. The summed E-state index contributed by atoms with van der Waals surface area (Å²) in [4.78, 5) is 43.1. The van der Waals surface area contributed by atoms with Crippen LogP contribution in [-0.2, 0) is 18.4 Å². The van der Waals surface area contributed by atoms with E-state index in [0.29, 0.717) is 28.9 Å². The molecule has 3 aliphatic heterocycles. The minimum Gasteiger partial charge on any atom is -0.494 e. The number of carbonyl (C=O) groups is 2. The van der Waals surface area contributed by atoms with E-state index in [1.165, 1.54) is 0 Å². The molecular weight excluding hydrogens is 580 g/mol. The molecule has 0 radical (unpaired) electrons. The lowest BCUT2D eigenvalue weighted by Gasteiger charge is -2.23. The molecule has 8 rings (SSSR count). The summed E-state index contributed by atoms with van der Waals surface area (Å²) in [5.41, 5.74) is 12.5. The Kier molecular flexibility index (Phi) is 7.01. The van der Waals surface area contributed by atoms with Crippen LogP contribution in [0.1, 0.15) is 61.7 Å². The lowest BCUT2D eigenvalue weighted by molar-refractivity contribution is -0.116. The van der Waals surface area contributed by atoms with Gasteiger partial charge in [-0.3, -0.25) is 14.6 Å². The Morgan fingerprint density at radius 1 is 1.07 bits per heavy atom. The van der Waals surface area contributed by atoms with Crippen LogP contribution < -0.4 is 15.8 Å². The van der Waals surface area contributed by atoms with Gasteiger partial charge < -0.3 is 29.8 Å². The molecule has 1 aromatic carbocycles. The highest BCUT2D eigenvalue weighted by Gasteiger charge is 2.47. The number of carbonyl (C=O) groups excluding carboxylic acids is 2. The zero-order chi connectivity index (χ0) is 31.5. The third-order valence-electron chi connectivity index (χ3n) is 10.1. The molecule has 3 atom stereocenters. The molecule has 11 nitrogen and oxygen atoms in total. The van der Waals surface area contributed by atoms with Crippen LogP contribution in [0.2, 0.25) is 0 Å². The number of hydrogen-bond acceptors (Lipinski definition) is 7. The van der Waals surface area contributed by atoms with Crippen molar-refractivity contribution in [2.75, 3.05) is 12.4 Å². The largest absolute Gasteiger partial charge is 0.494 e. The molecular formula is C35H38N8O3. The fourth-order valence-electron chi connectivity index (χ4n) is 7.84. The number of rotatable bonds is 3. The van der Waals surface area contributed by atoms with Gasteiger partial charge in [-0.25, -0.2) is 9.97 Å². The van der Waals surface area contributed by atoms with Gasteiger partial charge in [0.25, 0.3) is 5.91 Å². The van der Waals surface area contributed by atoms with E-state index < -0.39 is 0 Å². The van der Waals surface area contributed by atoms with Crippen LogP contribution in [0.4, 0.5) is 5.69 Å². The van der Waals surface area contributed by atoms with Crippen molar-refractivity contribution in [3.05, 3.63) is 54.4 Å². The summed E-state index contributed by atoms with van der Waals surface area (Å²) >= 11 is 0. The number of anilines is 1. The molecule has 46 heavy (non-hydrogen) atoms. The number of pyridine rings is 2. The Balaban J connectivity index is 1.25. The van der Waals surface area contributed by atoms with Crippen molar-refractivity contribution in [3.63, 3.8) is 0 Å². The van der Waals surface area contributed by atoms with E-state index >= 15 is 0 Å². The molecule has 3 aliphatic rings. The van der Waals surface area contributed by atoms with E-state index in [9.17, 15) is 9.59 Å². The van der Waals surface area contributed by atoms with Crippen LogP contribution in [0.25, 0.3) is 44.8 Å². The zero-order valence-corrected chi connectivity index (χ0v) is 26.2. The minimum absolute atomic E-state index is 0.00202. The molecule has 4 aromatic heterocycles. The second kappa shape index (κ2) is 11.2. The molecule has 7 heterocycles. The maximum absolute atomic E-state index is 13.8. The normalized spacial score (nSPS) is 21.5. The summed E-state index contributed by atoms with van der Waals surface area (Å²) in [5.74, 6) is 1.39. The number of nitrogens with two attached hydrogens (primary N) is 1. The topological polar surface area (TPSA) is 133 Å². The average Bonchev–Trinajstić information content (AvgIpc) is 3.81. The van der Waals surface area contributed by atoms with Gasteiger partial charge in [-0.1, -0.05) is 12.8 Å². The standard InChI is InChI=1S/C35H38N8O3/c1-41-32-27(15-21(17-30(32)46-2)35(45)43-22-9-11-28(43)24(36)18-22)40-34(41)29-16-20-8-10-25-23-19-37-13-12-26(23)38-31(44)7-5-3-4-6-14-42(29)33(20)39-25/h8,10,12-13,15-17,19,22,24,28H,3-7,9,11,14,18,36H2,1-2H3,(H,38,44)/t22-,24+,28+/m0/s1. The van der Waals surface area contributed by atoms with Crippen LogP contribution in [0.15, 0.2) is 48.8 Å². The first kappa shape index (κ1) is 28.7. The number of aryl methyl sites for hydroxylation is 2. The highest BCUT2D eigenvalue weighted by molar-refractivity contribution is 6.01. The van der Waals surface area contributed by atoms with E-state index in [1.54, 1.807) is 19.5 Å².